The van der Waals surface area contributed by atoms with Gasteiger partial charge in [-0.05, 0) is 23.4 Å². The third-order valence-corrected chi connectivity index (χ3v) is 6.29. The molecular weight excluding hydrogens is 330 g/mol. The normalized spacial score (nSPS) is 22.1. The number of aromatic nitrogens is 1. The van der Waals surface area contributed by atoms with Crippen LogP contribution in [0.1, 0.15) is 21.6 Å². The van der Waals surface area contributed by atoms with E-state index in [9.17, 15) is 4.79 Å². The first kappa shape index (κ1) is 15.3. The van der Waals surface area contributed by atoms with E-state index in [0.29, 0.717) is 13.2 Å². The average molecular weight is 349 g/mol. The molecule has 0 spiro atoms. The van der Waals surface area contributed by atoms with Gasteiger partial charge in [0.2, 0.25) is 5.91 Å². The molecule has 23 heavy (non-hydrogen) atoms. The number of carbonyl (C=O) groups is 1. The van der Waals surface area contributed by atoms with Crippen LogP contribution in [-0.2, 0) is 22.5 Å². The molecule has 1 amide bonds. The van der Waals surface area contributed by atoms with E-state index in [1.807, 2.05) is 10.3 Å². The molecule has 2 aromatic heterocycles. The van der Waals surface area contributed by atoms with Crippen LogP contribution in [0.4, 0.5) is 0 Å². The number of hydrogen-bond acceptors (Lipinski definition) is 6. The zero-order chi connectivity index (χ0) is 15.6. The third-order valence-electron chi connectivity index (χ3n) is 4.40. The fourth-order valence-electron chi connectivity index (χ4n) is 3.14. The van der Waals surface area contributed by atoms with Crippen LogP contribution in [-0.4, -0.2) is 53.5 Å². The van der Waals surface area contributed by atoms with Gasteiger partial charge < -0.3 is 9.64 Å². The molecule has 1 fully saturated rings. The maximum Gasteiger partial charge on any atom is 0.237 e. The number of nitrogens with zero attached hydrogens (tertiary/aromatic N) is 3. The molecule has 0 saturated carbocycles. The molecule has 0 radical (unpaired) electrons. The summed E-state index contributed by atoms with van der Waals surface area (Å²) in [5.74, 6) is 0.224. The Balaban J connectivity index is 1.35. The summed E-state index contributed by atoms with van der Waals surface area (Å²) < 4.78 is 5.80. The van der Waals surface area contributed by atoms with Crippen LogP contribution in [0.5, 0.6) is 0 Å². The molecule has 0 bridgehead atoms. The standard InChI is InChI=1S/C16H19N3O2S2/c20-15(19-4-1-14-12(9-19)2-7-22-14)11-18-5-6-21-13(10-18)16-17-3-8-23-16/h2-3,7-8,13H,1,4-6,9-11H2/t13-/m1/s1. The predicted molar refractivity (Wildman–Crippen MR) is 90.7 cm³/mol. The molecule has 7 heteroatoms. The van der Waals surface area contributed by atoms with Gasteiger partial charge in [-0.1, -0.05) is 0 Å². The summed E-state index contributed by atoms with van der Waals surface area (Å²) in [5.41, 5.74) is 1.32. The number of amides is 1. The van der Waals surface area contributed by atoms with Crippen LogP contribution >= 0.6 is 22.7 Å². The molecular formula is C16H19N3O2S2. The Morgan fingerprint density at radius 1 is 1.35 bits per heavy atom. The van der Waals surface area contributed by atoms with Crippen LogP contribution < -0.4 is 0 Å². The van der Waals surface area contributed by atoms with Crippen molar-refractivity contribution >= 4 is 28.6 Å². The van der Waals surface area contributed by atoms with E-state index in [2.05, 4.69) is 21.3 Å². The molecule has 0 N–H and O–H groups in total. The highest BCUT2D eigenvalue weighted by atomic mass is 32.1. The minimum atomic E-state index is 0.00128. The second-order valence-electron chi connectivity index (χ2n) is 5.90. The molecule has 0 unspecified atom stereocenters. The van der Waals surface area contributed by atoms with E-state index in [0.717, 1.165) is 37.6 Å². The average Bonchev–Trinajstić information content (AvgIpc) is 3.26. The van der Waals surface area contributed by atoms with Gasteiger partial charge in [0, 0.05) is 42.6 Å². The lowest BCUT2D eigenvalue weighted by Gasteiger charge is -2.34. The van der Waals surface area contributed by atoms with Crippen LogP contribution in [0, 0.1) is 0 Å². The van der Waals surface area contributed by atoms with Crippen molar-refractivity contribution in [2.45, 2.75) is 19.1 Å². The van der Waals surface area contributed by atoms with E-state index in [-0.39, 0.29) is 12.0 Å². The Hall–Kier alpha value is -1.28. The SMILES string of the molecule is O=C(CN1CCO[C@@H](c2nccs2)C1)N1CCc2sccc2C1. The largest absolute Gasteiger partial charge is 0.368 e. The maximum atomic E-state index is 12.6. The van der Waals surface area contributed by atoms with Crippen LogP contribution in [0.2, 0.25) is 0 Å². The monoisotopic (exact) mass is 349 g/mol. The van der Waals surface area contributed by atoms with Crippen molar-refractivity contribution in [1.29, 1.82) is 0 Å². The van der Waals surface area contributed by atoms with Crippen LogP contribution in [0.25, 0.3) is 0 Å². The fourth-order valence-corrected chi connectivity index (χ4v) is 4.71. The van der Waals surface area contributed by atoms with Crippen molar-refractivity contribution in [2.75, 3.05) is 32.8 Å². The summed E-state index contributed by atoms with van der Waals surface area (Å²) in [6, 6.07) is 2.15. The minimum absolute atomic E-state index is 0.00128. The summed E-state index contributed by atoms with van der Waals surface area (Å²) in [5, 5.41) is 5.09. The van der Waals surface area contributed by atoms with Crippen molar-refractivity contribution in [3.8, 4) is 0 Å². The molecule has 2 aliphatic rings. The lowest BCUT2D eigenvalue weighted by Crippen LogP contribution is -2.46. The minimum Gasteiger partial charge on any atom is -0.368 e. The second kappa shape index (κ2) is 6.68. The van der Waals surface area contributed by atoms with E-state index in [4.69, 9.17) is 4.74 Å². The fraction of sp³-hybridized carbons (Fsp3) is 0.500. The highest BCUT2D eigenvalue weighted by molar-refractivity contribution is 7.10. The number of thiazole rings is 1. The van der Waals surface area contributed by atoms with Gasteiger partial charge >= 0.3 is 0 Å². The van der Waals surface area contributed by atoms with Crippen molar-refractivity contribution in [2.24, 2.45) is 0 Å². The molecule has 1 atom stereocenters. The van der Waals surface area contributed by atoms with Gasteiger partial charge in [0.15, 0.2) is 0 Å². The predicted octanol–water partition coefficient (Wildman–Crippen LogP) is 2.16. The molecule has 0 aromatic carbocycles. The van der Waals surface area contributed by atoms with Gasteiger partial charge in [-0.2, -0.15) is 0 Å². The first-order valence-corrected chi connectivity index (χ1v) is 9.62. The van der Waals surface area contributed by atoms with Crippen molar-refractivity contribution < 1.29 is 9.53 Å². The molecule has 2 aliphatic heterocycles. The summed E-state index contributed by atoms with van der Waals surface area (Å²) in [6.07, 6.45) is 2.80. The number of ether oxygens (including phenoxy) is 1. The van der Waals surface area contributed by atoms with Crippen LogP contribution in [0.3, 0.4) is 0 Å². The number of rotatable bonds is 3. The van der Waals surface area contributed by atoms with Gasteiger partial charge in [0.25, 0.3) is 0 Å². The number of hydrogen-bond donors (Lipinski definition) is 0. The summed E-state index contributed by atoms with van der Waals surface area (Å²) in [6.45, 7) is 4.30. The van der Waals surface area contributed by atoms with Crippen LogP contribution in [0.15, 0.2) is 23.0 Å². The molecule has 4 rings (SSSR count). The van der Waals surface area contributed by atoms with Gasteiger partial charge in [-0.25, -0.2) is 4.98 Å². The highest BCUT2D eigenvalue weighted by Crippen LogP contribution is 2.26. The van der Waals surface area contributed by atoms with E-state index in [1.165, 1.54) is 10.4 Å². The Morgan fingerprint density at radius 2 is 2.30 bits per heavy atom. The smallest absolute Gasteiger partial charge is 0.237 e. The number of carbonyl (C=O) groups excluding carboxylic acids is 1. The van der Waals surface area contributed by atoms with Crippen molar-refractivity contribution in [3.05, 3.63) is 38.5 Å². The van der Waals surface area contributed by atoms with E-state index in [1.54, 1.807) is 28.9 Å². The Kier molecular flexibility index (Phi) is 4.43. The molecule has 122 valence electrons. The Labute approximate surface area is 143 Å². The molecule has 0 aliphatic carbocycles. The topological polar surface area (TPSA) is 45.7 Å². The Morgan fingerprint density at radius 3 is 3.17 bits per heavy atom. The second-order valence-corrected chi connectivity index (χ2v) is 7.83. The summed E-state index contributed by atoms with van der Waals surface area (Å²) >= 11 is 3.42. The van der Waals surface area contributed by atoms with E-state index >= 15 is 0 Å². The number of morpholine rings is 1. The van der Waals surface area contributed by atoms with E-state index < -0.39 is 0 Å². The quantitative estimate of drug-likeness (QED) is 0.852. The maximum absolute atomic E-state index is 12.6. The molecule has 1 saturated heterocycles. The van der Waals surface area contributed by atoms with Crippen molar-refractivity contribution in [3.63, 3.8) is 0 Å². The zero-order valence-corrected chi connectivity index (χ0v) is 14.4. The first-order chi connectivity index (χ1) is 11.3. The summed E-state index contributed by atoms with van der Waals surface area (Å²) in [4.78, 5) is 22.6. The third kappa shape index (κ3) is 3.33. The Bertz CT molecular complexity index is 671. The first-order valence-electron chi connectivity index (χ1n) is 7.86. The molecule has 4 heterocycles. The van der Waals surface area contributed by atoms with Gasteiger partial charge in [-0.3, -0.25) is 9.69 Å². The highest BCUT2D eigenvalue weighted by Gasteiger charge is 2.28. The number of fused-ring (bicyclic) bond motifs is 1. The van der Waals surface area contributed by atoms with Gasteiger partial charge in [-0.15, -0.1) is 22.7 Å². The lowest BCUT2D eigenvalue weighted by molar-refractivity contribution is -0.135. The van der Waals surface area contributed by atoms with Gasteiger partial charge in [0.05, 0.1) is 13.2 Å². The molecule has 5 nitrogen and oxygen atoms in total. The van der Waals surface area contributed by atoms with Gasteiger partial charge in [0.1, 0.15) is 11.1 Å². The summed E-state index contributed by atoms with van der Waals surface area (Å²) in [7, 11) is 0. The molecule has 2 aromatic rings. The van der Waals surface area contributed by atoms with Crippen molar-refractivity contribution in [1.82, 2.24) is 14.8 Å². The zero-order valence-electron chi connectivity index (χ0n) is 12.8. The number of thiophene rings is 1. The lowest BCUT2D eigenvalue weighted by atomic mass is 10.1.